The van der Waals surface area contributed by atoms with E-state index < -0.39 is 35.5 Å². The quantitative estimate of drug-likeness (QED) is 0.861. The number of rotatable bonds is 3. The highest BCUT2D eigenvalue weighted by Gasteiger charge is 2.32. The maximum absolute atomic E-state index is 13.3. The van der Waals surface area contributed by atoms with Gasteiger partial charge in [0.25, 0.3) is 0 Å². The van der Waals surface area contributed by atoms with Crippen LogP contribution in [0.1, 0.15) is 6.42 Å². The Bertz CT molecular complexity index is 438. The molecule has 0 saturated carbocycles. The van der Waals surface area contributed by atoms with Crippen LogP contribution < -0.4 is 10.1 Å². The lowest BCUT2D eigenvalue weighted by molar-refractivity contribution is -0.142. The Hall–Kier alpha value is -1.40. The van der Waals surface area contributed by atoms with E-state index in [-0.39, 0.29) is 12.4 Å². The van der Waals surface area contributed by atoms with Gasteiger partial charge in [0.2, 0.25) is 0 Å². The van der Waals surface area contributed by atoms with Crippen LogP contribution in [0.15, 0.2) is 18.2 Å². The van der Waals surface area contributed by atoms with E-state index in [1.54, 1.807) is 0 Å². The fraction of sp³-hybridized carbons (Fsp3) is 0.417. The van der Waals surface area contributed by atoms with Crippen molar-refractivity contribution in [3.63, 3.8) is 0 Å². The van der Waals surface area contributed by atoms with Crippen molar-refractivity contribution in [2.75, 3.05) is 13.7 Å². The lowest BCUT2D eigenvalue weighted by Crippen LogP contribution is -2.31. The third-order valence-corrected chi connectivity index (χ3v) is 2.78. The van der Waals surface area contributed by atoms with Gasteiger partial charge in [0, 0.05) is 13.0 Å². The Kier molecular flexibility index (Phi) is 5.50. The van der Waals surface area contributed by atoms with Gasteiger partial charge in [-0.2, -0.15) is 0 Å². The summed E-state index contributed by atoms with van der Waals surface area (Å²) in [6.45, 7) is 0.341. The van der Waals surface area contributed by atoms with Crippen LogP contribution in [0.3, 0.4) is 0 Å². The number of methoxy groups -OCH3 is 1. The highest BCUT2D eigenvalue weighted by atomic mass is 35.5. The molecule has 106 valence electrons. The van der Waals surface area contributed by atoms with Crippen molar-refractivity contribution in [2.45, 2.75) is 18.6 Å². The van der Waals surface area contributed by atoms with Crippen molar-refractivity contribution in [3.8, 4) is 5.75 Å². The molecule has 1 saturated heterocycles. The van der Waals surface area contributed by atoms with Gasteiger partial charge in [0.15, 0.2) is 17.4 Å². The molecule has 7 heteroatoms. The lowest BCUT2D eigenvalue weighted by atomic mass is 10.2. The van der Waals surface area contributed by atoms with Crippen LogP contribution in [0, 0.1) is 11.6 Å². The monoisotopic (exact) mass is 293 g/mol. The molecule has 2 rings (SSSR count). The van der Waals surface area contributed by atoms with Gasteiger partial charge in [0.1, 0.15) is 12.1 Å². The zero-order valence-electron chi connectivity index (χ0n) is 10.2. The average molecular weight is 294 g/mol. The van der Waals surface area contributed by atoms with Gasteiger partial charge in [-0.05, 0) is 12.1 Å². The van der Waals surface area contributed by atoms with Gasteiger partial charge in [-0.1, -0.05) is 6.07 Å². The number of carbonyl (C=O) groups excluding carboxylic acids is 1. The van der Waals surface area contributed by atoms with Crippen LogP contribution in [-0.4, -0.2) is 31.8 Å². The molecule has 19 heavy (non-hydrogen) atoms. The van der Waals surface area contributed by atoms with E-state index in [0.29, 0.717) is 13.0 Å². The topological polar surface area (TPSA) is 47.6 Å². The number of hydrogen-bond donors (Lipinski definition) is 1. The summed E-state index contributed by atoms with van der Waals surface area (Å²) in [5.41, 5.74) is 0. The highest BCUT2D eigenvalue weighted by molar-refractivity contribution is 5.85. The summed E-state index contributed by atoms with van der Waals surface area (Å²) in [5.74, 6) is -2.32. The number of carbonyl (C=O) groups is 1. The fourth-order valence-electron chi connectivity index (χ4n) is 1.88. The zero-order valence-corrected chi connectivity index (χ0v) is 11.0. The molecule has 1 N–H and O–H groups in total. The number of benzene rings is 1. The number of halogens is 3. The zero-order chi connectivity index (χ0) is 13.1. The Morgan fingerprint density at radius 2 is 2.00 bits per heavy atom. The molecule has 0 aliphatic carbocycles. The van der Waals surface area contributed by atoms with Gasteiger partial charge in [-0.25, -0.2) is 8.78 Å². The molecule has 1 fully saturated rings. The van der Waals surface area contributed by atoms with E-state index in [9.17, 15) is 13.6 Å². The van der Waals surface area contributed by atoms with E-state index in [2.05, 4.69) is 10.1 Å². The maximum Gasteiger partial charge on any atom is 0.323 e. The van der Waals surface area contributed by atoms with Crippen molar-refractivity contribution >= 4 is 18.4 Å². The summed E-state index contributed by atoms with van der Waals surface area (Å²) >= 11 is 0. The Morgan fingerprint density at radius 3 is 2.58 bits per heavy atom. The first-order valence-electron chi connectivity index (χ1n) is 5.53. The van der Waals surface area contributed by atoms with Crippen LogP contribution in [-0.2, 0) is 9.53 Å². The molecule has 0 radical (unpaired) electrons. The van der Waals surface area contributed by atoms with E-state index in [1.807, 2.05) is 0 Å². The molecular weight excluding hydrogens is 280 g/mol. The largest absolute Gasteiger partial charge is 0.483 e. The minimum atomic E-state index is -0.753. The summed E-state index contributed by atoms with van der Waals surface area (Å²) in [4.78, 5) is 11.3. The second-order valence-corrected chi connectivity index (χ2v) is 4.01. The number of nitrogens with one attached hydrogen (secondary N) is 1. The fourth-order valence-corrected chi connectivity index (χ4v) is 1.88. The van der Waals surface area contributed by atoms with Crippen LogP contribution >= 0.6 is 12.4 Å². The van der Waals surface area contributed by atoms with Gasteiger partial charge in [-0.3, -0.25) is 4.79 Å². The Morgan fingerprint density at radius 1 is 1.37 bits per heavy atom. The van der Waals surface area contributed by atoms with Crippen LogP contribution in [0.25, 0.3) is 0 Å². The molecule has 1 aliphatic rings. The molecule has 1 heterocycles. The van der Waals surface area contributed by atoms with E-state index >= 15 is 0 Å². The molecule has 0 aromatic heterocycles. The molecule has 4 nitrogen and oxygen atoms in total. The third-order valence-electron chi connectivity index (χ3n) is 2.78. The van der Waals surface area contributed by atoms with Crippen LogP contribution in [0.5, 0.6) is 5.75 Å². The van der Waals surface area contributed by atoms with Gasteiger partial charge >= 0.3 is 5.97 Å². The summed E-state index contributed by atoms with van der Waals surface area (Å²) < 4.78 is 36.5. The smallest absolute Gasteiger partial charge is 0.323 e. The summed E-state index contributed by atoms with van der Waals surface area (Å²) in [5, 5.41) is 2.87. The van der Waals surface area contributed by atoms with E-state index in [1.165, 1.54) is 13.2 Å². The SMILES string of the molecule is COC(=O)[C@@H]1C[C@H](Oc2c(F)cccc2F)CN1.Cl. The summed E-state index contributed by atoms with van der Waals surface area (Å²) in [6, 6.07) is 3.02. The van der Waals surface area contributed by atoms with Crippen molar-refractivity contribution < 1.29 is 23.0 Å². The Balaban J connectivity index is 0.00000180. The average Bonchev–Trinajstić information content (AvgIpc) is 2.81. The van der Waals surface area contributed by atoms with Gasteiger partial charge < -0.3 is 14.8 Å². The number of ether oxygens (including phenoxy) is 2. The third kappa shape index (κ3) is 3.54. The van der Waals surface area contributed by atoms with Crippen LogP contribution in [0.2, 0.25) is 0 Å². The normalized spacial score (nSPS) is 21.6. The van der Waals surface area contributed by atoms with Crippen LogP contribution in [0.4, 0.5) is 8.78 Å². The molecule has 1 aliphatic heterocycles. The van der Waals surface area contributed by atoms with Crippen molar-refractivity contribution in [2.24, 2.45) is 0 Å². The highest BCUT2D eigenvalue weighted by Crippen LogP contribution is 2.24. The molecule has 0 amide bonds. The van der Waals surface area contributed by atoms with E-state index in [0.717, 1.165) is 12.1 Å². The second-order valence-electron chi connectivity index (χ2n) is 4.01. The summed E-state index contributed by atoms with van der Waals surface area (Å²) in [6.07, 6.45) is -0.138. The van der Waals surface area contributed by atoms with Crippen molar-refractivity contribution in [3.05, 3.63) is 29.8 Å². The van der Waals surface area contributed by atoms with Crippen molar-refractivity contribution in [1.29, 1.82) is 0 Å². The first-order chi connectivity index (χ1) is 8.61. The molecular formula is C12H14ClF2NO3. The molecule has 0 bridgehead atoms. The molecule has 0 unspecified atom stereocenters. The van der Waals surface area contributed by atoms with Gasteiger partial charge in [0.05, 0.1) is 7.11 Å². The number of para-hydroxylation sites is 1. The number of hydrogen-bond acceptors (Lipinski definition) is 4. The standard InChI is InChI=1S/C12H13F2NO3.ClH/c1-17-12(16)10-5-7(6-15-10)18-11-8(13)3-2-4-9(11)14;/h2-4,7,10,15H,5-6H2,1H3;1H/t7-,10-;/m0./s1. The minimum absolute atomic E-state index is 0. The van der Waals surface area contributed by atoms with Crippen molar-refractivity contribution in [1.82, 2.24) is 5.32 Å². The predicted molar refractivity (Wildman–Crippen MR) is 66.4 cm³/mol. The van der Waals surface area contributed by atoms with Gasteiger partial charge in [-0.15, -0.1) is 12.4 Å². The first-order valence-corrected chi connectivity index (χ1v) is 5.53. The first kappa shape index (κ1) is 15.7. The second kappa shape index (κ2) is 6.68. The molecule has 0 spiro atoms. The lowest BCUT2D eigenvalue weighted by Gasteiger charge is -2.13. The number of esters is 1. The molecule has 1 aromatic rings. The van der Waals surface area contributed by atoms with E-state index in [4.69, 9.17) is 4.74 Å². The predicted octanol–water partition coefficient (Wildman–Crippen LogP) is 1.67. The summed E-state index contributed by atoms with van der Waals surface area (Å²) in [7, 11) is 1.29. The molecule has 1 aromatic carbocycles. The Labute approximate surface area is 115 Å². The minimum Gasteiger partial charge on any atom is -0.483 e. The maximum atomic E-state index is 13.3. The molecule has 2 atom stereocenters.